The first kappa shape index (κ1) is 16.4. The molecule has 1 aliphatic rings. The van der Waals surface area contributed by atoms with E-state index in [0.717, 1.165) is 32.6 Å². The SMILES string of the molecule is CN(C)C(CNC(=O)CN1CCCNCC1)c1cccs1. The van der Waals surface area contributed by atoms with E-state index in [-0.39, 0.29) is 11.9 Å². The highest BCUT2D eigenvalue weighted by molar-refractivity contribution is 7.10. The molecule has 1 atom stereocenters. The number of amides is 1. The van der Waals surface area contributed by atoms with Crippen molar-refractivity contribution in [1.82, 2.24) is 20.4 Å². The third-order valence-electron chi connectivity index (χ3n) is 3.79. The van der Waals surface area contributed by atoms with Gasteiger partial charge in [-0.1, -0.05) is 6.07 Å². The molecule has 1 saturated heterocycles. The Morgan fingerprint density at radius 2 is 2.33 bits per heavy atom. The lowest BCUT2D eigenvalue weighted by molar-refractivity contribution is -0.122. The predicted octanol–water partition coefficient (Wildman–Crippen LogP) is 0.762. The van der Waals surface area contributed by atoms with Gasteiger partial charge in [0.15, 0.2) is 0 Å². The average molecular weight is 310 g/mol. The van der Waals surface area contributed by atoms with Crippen LogP contribution in [0.25, 0.3) is 0 Å². The summed E-state index contributed by atoms with van der Waals surface area (Å²) in [7, 11) is 4.11. The zero-order valence-electron chi connectivity index (χ0n) is 13.0. The maximum Gasteiger partial charge on any atom is 0.234 e. The minimum atomic E-state index is 0.125. The van der Waals surface area contributed by atoms with Crippen LogP contribution in [0.4, 0.5) is 0 Å². The van der Waals surface area contributed by atoms with Crippen molar-refractivity contribution in [2.75, 3.05) is 53.4 Å². The number of nitrogens with one attached hydrogen (secondary N) is 2. The second kappa shape index (κ2) is 8.48. The first-order valence-electron chi connectivity index (χ1n) is 7.56. The molecule has 0 saturated carbocycles. The summed E-state index contributed by atoms with van der Waals surface area (Å²) in [6.07, 6.45) is 1.11. The minimum absolute atomic E-state index is 0.125. The number of likely N-dealkylation sites (N-methyl/N-ethyl adjacent to an activating group) is 1. The van der Waals surface area contributed by atoms with Gasteiger partial charge >= 0.3 is 0 Å². The highest BCUT2D eigenvalue weighted by atomic mass is 32.1. The van der Waals surface area contributed by atoms with Gasteiger partial charge in [0.25, 0.3) is 0 Å². The molecule has 21 heavy (non-hydrogen) atoms. The largest absolute Gasteiger partial charge is 0.353 e. The fourth-order valence-electron chi connectivity index (χ4n) is 2.55. The number of thiophene rings is 1. The van der Waals surface area contributed by atoms with Gasteiger partial charge in [-0.25, -0.2) is 0 Å². The Hall–Kier alpha value is -0.950. The molecule has 1 aromatic rings. The average Bonchev–Trinajstić information content (AvgIpc) is 2.84. The van der Waals surface area contributed by atoms with Crippen LogP contribution in [0.5, 0.6) is 0 Å². The Kier molecular flexibility index (Phi) is 6.63. The second-order valence-electron chi connectivity index (χ2n) is 5.68. The van der Waals surface area contributed by atoms with Crippen LogP contribution < -0.4 is 10.6 Å². The van der Waals surface area contributed by atoms with Crippen LogP contribution in [0.15, 0.2) is 17.5 Å². The molecule has 0 aromatic carbocycles. The molecule has 2 rings (SSSR count). The van der Waals surface area contributed by atoms with Gasteiger partial charge in [-0.05, 0) is 45.1 Å². The van der Waals surface area contributed by atoms with Crippen LogP contribution in [-0.2, 0) is 4.79 Å². The lowest BCUT2D eigenvalue weighted by Crippen LogP contribution is -2.41. The third kappa shape index (κ3) is 5.39. The molecule has 6 heteroatoms. The molecule has 0 spiro atoms. The van der Waals surface area contributed by atoms with Crippen LogP contribution in [0, 0.1) is 0 Å². The van der Waals surface area contributed by atoms with E-state index in [1.54, 1.807) is 11.3 Å². The molecular formula is C15H26N4OS. The fourth-order valence-corrected chi connectivity index (χ4v) is 3.47. The Labute approximate surface area is 131 Å². The molecule has 2 N–H and O–H groups in total. The minimum Gasteiger partial charge on any atom is -0.353 e. The molecular weight excluding hydrogens is 284 g/mol. The number of rotatable bonds is 6. The van der Waals surface area contributed by atoms with Crippen molar-refractivity contribution in [3.05, 3.63) is 22.4 Å². The highest BCUT2D eigenvalue weighted by Gasteiger charge is 2.17. The van der Waals surface area contributed by atoms with Gasteiger partial charge in [-0.15, -0.1) is 11.3 Å². The molecule has 5 nitrogen and oxygen atoms in total. The molecule has 0 bridgehead atoms. The Bertz CT molecular complexity index is 413. The van der Waals surface area contributed by atoms with Crippen molar-refractivity contribution in [3.8, 4) is 0 Å². The summed E-state index contributed by atoms with van der Waals surface area (Å²) in [5, 5.41) is 8.52. The van der Waals surface area contributed by atoms with Gasteiger partial charge in [-0.3, -0.25) is 9.69 Å². The van der Waals surface area contributed by atoms with Crippen molar-refractivity contribution >= 4 is 17.2 Å². The summed E-state index contributed by atoms with van der Waals surface area (Å²) in [4.78, 5) is 17.8. The summed E-state index contributed by atoms with van der Waals surface area (Å²) in [5.41, 5.74) is 0. The van der Waals surface area contributed by atoms with Gasteiger partial charge in [0, 0.05) is 24.5 Å². The molecule has 1 unspecified atom stereocenters. The van der Waals surface area contributed by atoms with E-state index in [9.17, 15) is 4.79 Å². The van der Waals surface area contributed by atoms with Crippen molar-refractivity contribution in [2.45, 2.75) is 12.5 Å². The van der Waals surface area contributed by atoms with Crippen LogP contribution in [0.1, 0.15) is 17.3 Å². The lowest BCUT2D eigenvalue weighted by Gasteiger charge is -2.24. The molecule has 0 radical (unpaired) electrons. The number of carbonyl (C=O) groups excluding carboxylic acids is 1. The summed E-state index contributed by atoms with van der Waals surface area (Å²) < 4.78 is 0. The van der Waals surface area contributed by atoms with Gasteiger partial charge in [-0.2, -0.15) is 0 Å². The van der Waals surface area contributed by atoms with E-state index in [1.807, 2.05) is 0 Å². The Morgan fingerprint density at radius 3 is 3.05 bits per heavy atom. The van der Waals surface area contributed by atoms with Crippen LogP contribution in [0.2, 0.25) is 0 Å². The van der Waals surface area contributed by atoms with Crippen molar-refractivity contribution in [2.24, 2.45) is 0 Å². The van der Waals surface area contributed by atoms with E-state index in [0.29, 0.717) is 13.1 Å². The van der Waals surface area contributed by atoms with Crippen molar-refractivity contribution in [1.29, 1.82) is 0 Å². The molecule has 118 valence electrons. The maximum atomic E-state index is 12.1. The topological polar surface area (TPSA) is 47.6 Å². The van der Waals surface area contributed by atoms with Crippen molar-refractivity contribution in [3.63, 3.8) is 0 Å². The van der Waals surface area contributed by atoms with Gasteiger partial charge in [0.2, 0.25) is 5.91 Å². The van der Waals surface area contributed by atoms with E-state index in [1.165, 1.54) is 4.88 Å². The fraction of sp³-hybridized carbons (Fsp3) is 0.667. The van der Waals surface area contributed by atoms with Crippen LogP contribution in [0.3, 0.4) is 0 Å². The van der Waals surface area contributed by atoms with E-state index in [2.05, 4.69) is 52.0 Å². The molecule has 2 heterocycles. The first-order chi connectivity index (χ1) is 10.2. The Morgan fingerprint density at radius 1 is 1.48 bits per heavy atom. The normalized spacial score (nSPS) is 18.4. The number of hydrogen-bond acceptors (Lipinski definition) is 5. The zero-order chi connectivity index (χ0) is 15.1. The van der Waals surface area contributed by atoms with Crippen LogP contribution >= 0.6 is 11.3 Å². The molecule has 1 aromatic heterocycles. The quantitative estimate of drug-likeness (QED) is 0.814. The van der Waals surface area contributed by atoms with Crippen LogP contribution in [-0.4, -0.2) is 69.1 Å². The van der Waals surface area contributed by atoms with Crippen molar-refractivity contribution < 1.29 is 4.79 Å². The Balaban J connectivity index is 1.79. The van der Waals surface area contributed by atoms with Gasteiger partial charge < -0.3 is 15.5 Å². The standard InChI is InChI=1S/C15H26N4OS/c1-18(2)13(14-5-3-10-21-14)11-17-15(20)12-19-8-4-6-16-7-9-19/h3,5,10,13,16H,4,6-9,11-12H2,1-2H3,(H,17,20). The maximum absolute atomic E-state index is 12.1. The third-order valence-corrected chi connectivity index (χ3v) is 4.76. The highest BCUT2D eigenvalue weighted by Crippen LogP contribution is 2.22. The molecule has 1 amide bonds. The molecule has 0 aliphatic carbocycles. The lowest BCUT2D eigenvalue weighted by atomic mass is 10.2. The van der Waals surface area contributed by atoms with E-state index < -0.39 is 0 Å². The summed E-state index contributed by atoms with van der Waals surface area (Å²) in [6.45, 7) is 5.16. The second-order valence-corrected chi connectivity index (χ2v) is 6.66. The summed E-state index contributed by atoms with van der Waals surface area (Å²) in [6, 6.07) is 4.43. The van der Waals surface area contributed by atoms with Gasteiger partial charge in [0.05, 0.1) is 12.6 Å². The number of carbonyl (C=O) groups is 1. The van der Waals surface area contributed by atoms with E-state index in [4.69, 9.17) is 0 Å². The predicted molar refractivity (Wildman–Crippen MR) is 87.7 cm³/mol. The number of nitrogens with zero attached hydrogens (tertiary/aromatic N) is 2. The molecule has 1 aliphatic heterocycles. The summed E-state index contributed by atoms with van der Waals surface area (Å²) in [5.74, 6) is 0.125. The smallest absolute Gasteiger partial charge is 0.234 e. The molecule has 1 fully saturated rings. The zero-order valence-corrected chi connectivity index (χ0v) is 13.8. The summed E-state index contributed by atoms with van der Waals surface area (Å²) >= 11 is 1.74. The monoisotopic (exact) mass is 310 g/mol. The first-order valence-corrected chi connectivity index (χ1v) is 8.44. The number of hydrogen-bond donors (Lipinski definition) is 2. The van der Waals surface area contributed by atoms with Gasteiger partial charge in [0.1, 0.15) is 0 Å². The van der Waals surface area contributed by atoms with E-state index >= 15 is 0 Å².